The lowest BCUT2D eigenvalue weighted by Crippen LogP contribution is -2.09. The van der Waals surface area contributed by atoms with Crippen molar-refractivity contribution in [2.75, 3.05) is 5.32 Å². The van der Waals surface area contributed by atoms with Gasteiger partial charge in [0.15, 0.2) is 0 Å². The standard InChI is InChI=1S/C13H12ClN3S/c1-2-10(11-4-3-5-18-11)16-13-7-9(8-15)6-12(14)17-13/h3-7,10H,2H2,1H3,(H,16,17). The molecule has 5 heteroatoms. The second-order valence-electron chi connectivity index (χ2n) is 3.80. The summed E-state index contributed by atoms with van der Waals surface area (Å²) in [6.07, 6.45) is 0.941. The minimum absolute atomic E-state index is 0.197. The summed E-state index contributed by atoms with van der Waals surface area (Å²) in [5.41, 5.74) is 0.513. The molecule has 0 aliphatic heterocycles. The van der Waals surface area contributed by atoms with Crippen molar-refractivity contribution >= 4 is 28.8 Å². The first-order valence-electron chi connectivity index (χ1n) is 5.60. The number of nitrogens with zero attached hydrogens (tertiary/aromatic N) is 2. The number of hydrogen-bond donors (Lipinski definition) is 1. The molecule has 2 heterocycles. The van der Waals surface area contributed by atoms with Gasteiger partial charge in [0.25, 0.3) is 0 Å². The molecule has 1 unspecified atom stereocenters. The van der Waals surface area contributed by atoms with Crippen LogP contribution in [0.5, 0.6) is 0 Å². The highest BCUT2D eigenvalue weighted by Gasteiger charge is 2.11. The van der Waals surface area contributed by atoms with E-state index >= 15 is 0 Å². The third-order valence-corrected chi connectivity index (χ3v) is 3.72. The van der Waals surface area contributed by atoms with Crippen LogP contribution in [0.1, 0.15) is 29.8 Å². The molecule has 0 saturated carbocycles. The van der Waals surface area contributed by atoms with Crippen LogP contribution in [0, 0.1) is 11.3 Å². The molecular formula is C13H12ClN3S. The van der Waals surface area contributed by atoms with Crippen molar-refractivity contribution in [1.29, 1.82) is 5.26 Å². The fraction of sp³-hybridized carbons (Fsp3) is 0.231. The third-order valence-electron chi connectivity index (χ3n) is 2.54. The number of nitrogens with one attached hydrogen (secondary N) is 1. The maximum Gasteiger partial charge on any atom is 0.132 e. The van der Waals surface area contributed by atoms with Gasteiger partial charge in [0.1, 0.15) is 11.0 Å². The van der Waals surface area contributed by atoms with E-state index < -0.39 is 0 Å². The molecule has 1 N–H and O–H groups in total. The molecule has 1 atom stereocenters. The summed E-state index contributed by atoms with van der Waals surface area (Å²) in [6.45, 7) is 2.10. The molecule has 2 aromatic rings. The predicted molar refractivity (Wildman–Crippen MR) is 74.9 cm³/mol. The van der Waals surface area contributed by atoms with Crippen molar-refractivity contribution in [2.24, 2.45) is 0 Å². The van der Waals surface area contributed by atoms with Gasteiger partial charge in [-0.3, -0.25) is 0 Å². The molecule has 0 saturated heterocycles. The van der Waals surface area contributed by atoms with E-state index in [4.69, 9.17) is 16.9 Å². The molecule has 0 aliphatic carbocycles. The SMILES string of the molecule is CCC(Nc1cc(C#N)cc(Cl)n1)c1cccs1. The molecule has 92 valence electrons. The van der Waals surface area contributed by atoms with Gasteiger partial charge in [-0.1, -0.05) is 24.6 Å². The van der Waals surface area contributed by atoms with Crippen molar-refractivity contribution in [3.8, 4) is 6.07 Å². The number of thiophene rings is 1. The number of halogens is 1. The Morgan fingerprint density at radius 1 is 1.56 bits per heavy atom. The largest absolute Gasteiger partial charge is 0.362 e. The first-order chi connectivity index (χ1) is 8.72. The van der Waals surface area contributed by atoms with Gasteiger partial charge in [-0.15, -0.1) is 11.3 Å². The predicted octanol–water partition coefficient (Wildman–Crippen LogP) is 4.23. The first-order valence-corrected chi connectivity index (χ1v) is 6.86. The van der Waals surface area contributed by atoms with Crippen LogP contribution in [-0.4, -0.2) is 4.98 Å². The Morgan fingerprint density at radius 2 is 2.39 bits per heavy atom. The highest BCUT2D eigenvalue weighted by molar-refractivity contribution is 7.10. The third kappa shape index (κ3) is 3.00. The number of aromatic nitrogens is 1. The quantitative estimate of drug-likeness (QED) is 0.851. The molecule has 0 aliphatic rings. The molecule has 0 amide bonds. The minimum Gasteiger partial charge on any atom is -0.362 e. The molecular weight excluding hydrogens is 266 g/mol. The summed E-state index contributed by atoms with van der Waals surface area (Å²) >= 11 is 7.58. The van der Waals surface area contributed by atoms with E-state index in [2.05, 4.69) is 29.4 Å². The van der Waals surface area contributed by atoms with E-state index in [9.17, 15) is 0 Å². The normalized spacial score (nSPS) is 11.8. The van der Waals surface area contributed by atoms with E-state index in [0.29, 0.717) is 16.5 Å². The van der Waals surface area contributed by atoms with Crippen molar-refractivity contribution in [1.82, 2.24) is 4.98 Å². The lowest BCUT2D eigenvalue weighted by Gasteiger charge is -2.16. The minimum atomic E-state index is 0.197. The second-order valence-corrected chi connectivity index (χ2v) is 5.16. The Bertz CT molecular complexity index is 560. The smallest absolute Gasteiger partial charge is 0.132 e. The van der Waals surface area contributed by atoms with E-state index in [1.807, 2.05) is 11.4 Å². The molecule has 3 nitrogen and oxygen atoms in total. The summed E-state index contributed by atoms with van der Waals surface area (Å²) in [4.78, 5) is 5.44. The van der Waals surface area contributed by atoms with Gasteiger partial charge in [-0.2, -0.15) is 5.26 Å². The van der Waals surface area contributed by atoms with Crippen LogP contribution in [-0.2, 0) is 0 Å². The first kappa shape index (κ1) is 12.9. The summed E-state index contributed by atoms with van der Waals surface area (Å²) in [7, 11) is 0. The van der Waals surface area contributed by atoms with E-state index in [-0.39, 0.29) is 6.04 Å². The molecule has 2 aromatic heterocycles. The van der Waals surface area contributed by atoms with Crippen molar-refractivity contribution in [3.05, 3.63) is 45.2 Å². The van der Waals surface area contributed by atoms with E-state index in [1.165, 1.54) is 4.88 Å². The molecule has 0 bridgehead atoms. The lowest BCUT2D eigenvalue weighted by molar-refractivity contribution is 0.759. The molecule has 0 aromatic carbocycles. The maximum atomic E-state index is 8.90. The number of hydrogen-bond acceptors (Lipinski definition) is 4. The Hall–Kier alpha value is -1.57. The average Bonchev–Trinajstić information content (AvgIpc) is 2.89. The van der Waals surface area contributed by atoms with Crippen LogP contribution in [0.2, 0.25) is 5.15 Å². The number of pyridine rings is 1. The van der Waals surface area contributed by atoms with Gasteiger partial charge in [-0.25, -0.2) is 4.98 Å². The summed E-state index contributed by atoms with van der Waals surface area (Å²) in [5.74, 6) is 0.638. The van der Waals surface area contributed by atoms with Gasteiger partial charge >= 0.3 is 0 Å². The molecule has 0 spiro atoms. The van der Waals surface area contributed by atoms with Crippen molar-refractivity contribution in [3.63, 3.8) is 0 Å². The van der Waals surface area contributed by atoms with Gasteiger partial charge in [0, 0.05) is 4.88 Å². The monoisotopic (exact) mass is 277 g/mol. The van der Waals surface area contributed by atoms with Gasteiger partial charge in [0.05, 0.1) is 17.7 Å². The maximum absolute atomic E-state index is 8.90. The molecule has 0 fully saturated rings. The van der Waals surface area contributed by atoms with Gasteiger partial charge in [-0.05, 0) is 30.0 Å². The Morgan fingerprint density at radius 3 is 3.00 bits per heavy atom. The zero-order valence-electron chi connectivity index (χ0n) is 9.85. The van der Waals surface area contributed by atoms with Crippen LogP contribution in [0.3, 0.4) is 0 Å². The van der Waals surface area contributed by atoms with Crippen LogP contribution in [0.25, 0.3) is 0 Å². The summed E-state index contributed by atoms with van der Waals surface area (Å²) in [5, 5.41) is 14.6. The average molecular weight is 278 g/mol. The molecule has 0 radical (unpaired) electrons. The summed E-state index contributed by atoms with van der Waals surface area (Å²) in [6, 6.07) is 9.64. The second kappa shape index (κ2) is 5.85. The zero-order valence-corrected chi connectivity index (χ0v) is 11.4. The van der Waals surface area contributed by atoms with Crippen LogP contribution < -0.4 is 5.32 Å². The number of nitriles is 1. The van der Waals surface area contributed by atoms with Gasteiger partial charge < -0.3 is 5.32 Å². The van der Waals surface area contributed by atoms with Crippen LogP contribution >= 0.6 is 22.9 Å². The Labute approximate surface area is 115 Å². The zero-order chi connectivity index (χ0) is 13.0. The Kier molecular flexibility index (Phi) is 4.19. The Balaban J connectivity index is 2.22. The van der Waals surface area contributed by atoms with Crippen molar-refractivity contribution < 1.29 is 0 Å². The number of rotatable bonds is 4. The molecule has 18 heavy (non-hydrogen) atoms. The summed E-state index contributed by atoms with van der Waals surface area (Å²) < 4.78 is 0. The fourth-order valence-electron chi connectivity index (χ4n) is 1.68. The fourth-order valence-corrected chi connectivity index (χ4v) is 2.75. The lowest BCUT2D eigenvalue weighted by atomic mass is 10.2. The van der Waals surface area contributed by atoms with Crippen LogP contribution in [0.4, 0.5) is 5.82 Å². The van der Waals surface area contributed by atoms with E-state index in [1.54, 1.807) is 23.5 Å². The highest BCUT2D eigenvalue weighted by atomic mass is 35.5. The topological polar surface area (TPSA) is 48.7 Å². The van der Waals surface area contributed by atoms with E-state index in [0.717, 1.165) is 6.42 Å². The van der Waals surface area contributed by atoms with Crippen molar-refractivity contribution in [2.45, 2.75) is 19.4 Å². The van der Waals surface area contributed by atoms with Gasteiger partial charge in [0.2, 0.25) is 0 Å². The highest BCUT2D eigenvalue weighted by Crippen LogP contribution is 2.26. The number of anilines is 1. The van der Waals surface area contributed by atoms with Crippen LogP contribution in [0.15, 0.2) is 29.6 Å². The molecule has 2 rings (SSSR count).